The third kappa shape index (κ3) is 0.661. The third-order valence-corrected chi connectivity index (χ3v) is 2.03. The normalized spacial score (nSPS) is 38.9. The monoisotopic (exact) mass is 123 g/mol. The van der Waals surface area contributed by atoms with E-state index >= 15 is 0 Å². The molecule has 3 aliphatic rings. The Kier molecular flexibility index (Phi) is 0.891. The van der Waals surface area contributed by atoms with Crippen molar-refractivity contribution in [3.05, 3.63) is 12.2 Å². The molecular formula is C7H9NO. The summed E-state index contributed by atoms with van der Waals surface area (Å²) in [7, 11) is 0. The quantitative estimate of drug-likeness (QED) is 0.465. The predicted octanol–water partition coefficient (Wildman–Crippen LogP) is 0.451. The molecule has 2 heteroatoms. The average molecular weight is 123 g/mol. The zero-order valence-corrected chi connectivity index (χ0v) is 5.13. The van der Waals surface area contributed by atoms with E-state index in [1.165, 1.54) is 0 Å². The fourth-order valence-corrected chi connectivity index (χ4v) is 1.45. The summed E-state index contributed by atoms with van der Waals surface area (Å²) >= 11 is 0. The maximum Gasteiger partial charge on any atom is 0.227 e. The topological polar surface area (TPSA) is 29.1 Å². The Hall–Kier alpha value is -0.790. The van der Waals surface area contributed by atoms with Gasteiger partial charge < -0.3 is 5.32 Å². The zero-order chi connectivity index (χ0) is 6.27. The second-order valence-corrected chi connectivity index (χ2v) is 2.68. The van der Waals surface area contributed by atoms with Gasteiger partial charge in [-0.05, 0) is 12.8 Å². The summed E-state index contributed by atoms with van der Waals surface area (Å²) in [5.74, 6) is 0.406. The first kappa shape index (κ1) is 5.03. The summed E-state index contributed by atoms with van der Waals surface area (Å²) in [6.07, 6.45) is 6.29. The number of carbonyl (C=O) groups is 1. The Labute approximate surface area is 53.9 Å². The largest absolute Gasteiger partial charge is 0.349 e. The number of nitrogens with one attached hydrogen (secondary N) is 1. The second kappa shape index (κ2) is 1.59. The van der Waals surface area contributed by atoms with E-state index in [1.807, 2.05) is 6.08 Å². The Balaban J connectivity index is 2.29. The van der Waals surface area contributed by atoms with E-state index in [0.29, 0.717) is 6.04 Å². The van der Waals surface area contributed by atoms with Gasteiger partial charge in [0.2, 0.25) is 5.91 Å². The van der Waals surface area contributed by atoms with E-state index in [4.69, 9.17) is 0 Å². The maximum absolute atomic E-state index is 10.9. The maximum atomic E-state index is 10.9. The van der Waals surface area contributed by atoms with Gasteiger partial charge in [0.1, 0.15) is 0 Å². The van der Waals surface area contributed by atoms with Gasteiger partial charge in [-0.25, -0.2) is 0 Å². The van der Waals surface area contributed by atoms with Crippen LogP contribution in [0.2, 0.25) is 0 Å². The number of rotatable bonds is 0. The van der Waals surface area contributed by atoms with E-state index in [2.05, 4.69) is 11.4 Å². The lowest BCUT2D eigenvalue weighted by atomic mass is 9.87. The van der Waals surface area contributed by atoms with Crippen LogP contribution in [-0.2, 0) is 4.79 Å². The molecule has 0 spiro atoms. The molecule has 2 bridgehead atoms. The van der Waals surface area contributed by atoms with Gasteiger partial charge in [-0.2, -0.15) is 0 Å². The van der Waals surface area contributed by atoms with Crippen molar-refractivity contribution >= 4 is 5.91 Å². The van der Waals surface area contributed by atoms with Crippen LogP contribution in [0, 0.1) is 5.92 Å². The molecule has 1 fully saturated rings. The van der Waals surface area contributed by atoms with Gasteiger partial charge in [-0.15, -0.1) is 0 Å². The molecule has 9 heavy (non-hydrogen) atoms. The van der Waals surface area contributed by atoms with Gasteiger partial charge in [-0.3, -0.25) is 4.79 Å². The standard InChI is InChI=1S/C7H9NO/c9-7-5-1-3-6(8-7)4-2-5/h1,3,5-6H,2,4H2,(H,8,9)/t5-,6+/m0/s1. The Morgan fingerprint density at radius 3 is 2.56 bits per heavy atom. The molecule has 0 aromatic rings. The Bertz CT molecular complexity index is 174. The summed E-state index contributed by atoms with van der Waals surface area (Å²) in [4.78, 5) is 10.9. The van der Waals surface area contributed by atoms with Crippen molar-refractivity contribution in [2.75, 3.05) is 0 Å². The lowest BCUT2D eigenvalue weighted by molar-refractivity contribution is -0.126. The fourth-order valence-electron chi connectivity index (χ4n) is 1.45. The van der Waals surface area contributed by atoms with Crippen molar-refractivity contribution in [1.82, 2.24) is 5.32 Å². The first-order valence-corrected chi connectivity index (χ1v) is 3.35. The minimum atomic E-state index is 0.190. The molecule has 1 amide bonds. The highest BCUT2D eigenvalue weighted by Crippen LogP contribution is 2.22. The van der Waals surface area contributed by atoms with Gasteiger partial charge in [0, 0.05) is 6.04 Å². The number of carbonyl (C=O) groups excluding carboxylic acids is 1. The van der Waals surface area contributed by atoms with Crippen LogP contribution in [0.1, 0.15) is 12.8 Å². The van der Waals surface area contributed by atoms with Crippen molar-refractivity contribution in [2.24, 2.45) is 5.92 Å². The minimum Gasteiger partial charge on any atom is -0.349 e. The number of piperidine rings is 1. The molecule has 0 unspecified atom stereocenters. The summed E-state index contributed by atoms with van der Waals surface area (Å²) < 4.78 is 0. The van der Waals surface area contributed by atoms with E-state index in [1.54, 1.807) is 0 Å². The number of hydrogen-bond acceptors (Lipinski definition) is 1. The molecular weight excluding hydrogens is 114 g/mol. The molecule has 0 aromatic carbocycles. The average Bonchev–Trinajstić information content (AvgIpc) is 1.90. The van der Waals surface area contributed by atoms with Gasteiger partial charge in [0.05, 0.1) is 5.92 Å². The molecule has 0 saturated carbocycles. The molecule has 48 valence electrons. The fraction of sp³-hybridized carbons (Fsp3) is 0.571. The summed E-state index contributed by atoms with van der Waals surface area (Å²) in [5, 5.41) is 2.89. The number of hydrogen-bond donors (Lipinski definition) is 1. The minimum absolute atomic E-state index is 0.190. The van der Waals surface area contributed by atoms with Crippen LogP contribution in [0.4, 0.5) is 0 Å². The Morgan fingerprint density at radius 1 is 1.44 bits per heavy atom. The predicted molar refractivity (Wildman–Crippen MR) is 33.8 cm³/mol. The second-order valence-electron chi connectivity index (χ2n) is 2.68. The lowest BCUT2D eigenvalue weighted by Crippen LogP contribution is -2.45. The molecule has 0 radical (unpaired) electrons. The third-order valence-electron chi connectivity index (χ3n) is 2.03. The molecule has 3 rings (SSSR count). The van der Waals surface area contributed by atoms with Crippen molar-refractivity contribution in [3.63, 3.8) is 0 Å². The van der Waals surface area contributed by atoms with Crippen LogP contribution in [0.15, 0.2) is 12.2 Å². The van der Waals surface area contributed by atoms with E-state index in [9.17, 15) is 4.79 Å². The molecule has 1 N–H and O–H groups in total. The molecule has 2 aliphatic heterocycles. The first-order chi connectivity index (χ1) is 4.36. The summed E-state index contributed by atoms with van der Waals surface area (Å²) in [6.45, 7) is 0. The molecule has 1 saturated heterocycles. The van der Waals surface area contributed by atoms with Gasteiger partial charge in [0.15, 0.2) is 0 Å². The number of fused-ring (bicyclic) bond motifs is 2. The van der Waals surface area contributed by atoms with Gasteiger partial charge >= 0.3 is 0 Å². The van der Waals surface area contributed by atoms with Crippen molar-refractivity contribution in [2.45, 2.75) is 18.9 Å². The molecule has 2 heterocycles. The van der Waals surface area contributed by atoms with E-state index < -0.39 is 0 Å². The van der Waals surface area contributed by atoms with E-state index in [0.717, 1.165) is 12.8 Å². The highest BCUT2D eigenvalue weighted by atomic mass is 16.2. The smallest absolute Gasteiger partial charge is 0.227 e. The van der Waals surface area contributed by atoms with E-state index in [-0.39, 0.29) is 11.8 Å². The van der Waals surface area contributed by atoms with Crippen molar-refractivity contribution in [1.29, 1.82) is 0 Å². The molecule has 2 atom stereocenters. The van der Waals surface area contributed by atoms with Crippen LogP contribution in [0.25, 0.3) is 0 Å². The van der Waals surface area contributed by atoms with Crippen molar-refractivity contribution in [3.8, 4) is 0 Å². The van der Waals surface area contributed by atoms with Crippen LogP contribution in [0.5, 0.6) is 0 Å². The van der Waals surface area contributed by atoms with Crippen LogP contribution in [0.3, 0.4) is 0 Å². The Morgan fingerprint density at radius 2 is 2.33 bits per heavy atom. The summed E-state index contributed by atoms with van der Waals surface area (Å²) in [6, 6.07) is 0.350. The molecule has 0 aromatic heterocycles. The zero-order valence-electron chi connectivity index (χ0n) is 5.13. The summed E-state index contributed by atoms with van der Waals surface area (Å²) in [5.41, 5.74) is 0. The van der Waals surface area contributed by atoms with Crippen LogP contribution < -0.4 is 5.32 Å². The molecule has 2 nitrogen and oxygen atoms in total. The van der Waals surface area contributed by atoms with Crippen molar-refractivity contribution < 1.29 is 4.79 Å². The van der Waals surface area contributed by atoms with Crippen LogP contribution >= 0.6 is 0 Å². The lowest BCUT2D eigenvalue weighted by Gasteiger charge is -2.30. The molecule has 1 aliphatic carbocycles. The first-order valence-electron chi connectivity index (χ1n) is 3.35. The highest BCUT2D eigenvalue weighted by Gasteiger charge is 2.28. The highest BCUT2D eigenvalue weighted by molar-refractivity contribution is 5.83. The van der Waals surface area contributed by atoms with Gasteiger partial charge in [-0.1, -0.05) is 12.2 Å². The SMILES string of the molecule is O=C1N[C@@H]2C=C[C@H]1CC2. The number of amides is 1. The van der Waals surface area contributed by atoms with Crippen LogP contribution in [-0.4, -0.2) is 11.9 Å². The van der Waals surface area contributed by atoms with Gasteiger partial charge in [0.25, 0.3) is 0 Å².